The summed E-state index contributed by atoms with van der Waals surface area (Å²) in [4.78, 5) is 25.9. The molecule has 5 heteroatoms. The van der Waals surface area contributed by atoms with E-state index in [9.17, 15) is 14.7 Å². The van der Waals surface area contributed by atoms with Crippen molar-refractivity contribution >= 4 is 23.5 Å². The lowest BCUT2D eigenvalue weighted by Gasteiger charge is -2.32. The molecule has 4 nitrogen and oxygen atoms in total. The molecule has 0 aliphatic carbocycles. The van der Waals surface area contributed by atoms with Crippen molar-refractivity contribution in [1.29, 1.82) is 0 Å². The summed E-state index contributed by atoms with van der Waals surface area (Å²) in [7, 11) is 0. The van der Waals surface area contributed by atoms with Gasteiger partial charge in [-0.1, -0.05) is 35.9 Å². The minimum absolute atomic E-state index is 0.0105. The van der Waals surface area contributed by atoms with E-state index in [4.69, 9.17) is 11.6 Å². The fourth-order valence-corrected chi connectivity index (χ4v) is 3.65. The van der Waals surface area contributed by atoms with Gasteiger partial charge in [-0.05, 0) is 61.4 Å². The lowest BCUT2D eigenvalue weighted by Crippen LogP contribution is -2.39. The molecule has 0 radical (unpaired) electrons. The molecular weight excluding hydrogens is 350 g/mol. The van der Waals surface area contributed by atoms with E-state index >= 15 is 0 Å². The highest BCUT2D eigenvalue weighted by molar-refractivity contribution is 6.31. The van der Waals surface area contributed by atoms with E-state index in [1.165, 1.54) is 0 Å². The van der Waals surface area contributed by atoms with Crippen molar-refractivity contribution in [2.45, 2.75) is 26.2 Å². The van der Waals surface area contributed by atoms with Crippen molar-refractivity contribution in [3.05, 3.63) is 69.7 Å². The maximum atomic E-state index is 12.7. The van der Waals surface area contributed by atoms with Gasteiger partial charge >= 0.3 is 5.97 Å². The van der Waals surface area contributed by atoms with E-state index < -0.39 is 5.97 Å². The van der Waals surface area contributed by atoms with Crippen molar-refractivity contribution in [3.8, 4) is 0 Å². The number of benzene rings is 2. The number of hydrogen-bond acceptors (Lipinski definition) is 2. The largest absolute Gasteiger partial charge is 0.478 e. The van der Waals surface area contributed by atoms with Crippen LogP contribution >= 0.6 is 11.6 Å². The Kier molecular flexibility index (Phi) is 5.62. The molecule has 26 heavy (non-hydrogen) atoms. The molecule has 2 aromatic rings. The highest BCUT2D eigenvalue weighted by Crippen LogP contribution is 2.25. The summed E-state index contributed by atoms with van der Waals surface area (Å²) in [6, 6.07) is 12.6. The molecule has 2 aromatic carbocycles. The lowest BCUT2D eigenvalue weighted by atomic mass is 9.88. The number of hydrogen-bond donors (Lipinski definition) is 1. The lowest BCUT2D eigenvalue weighted by molar-refractivity contribution is 0.0690. The van der Waals surface area contributed by atoms with Gasteiger partial charge in [-0.2, -0.15) is 0 Å². The molecular formula is C21H22ClNO3. The van der Waals surface area contributed by atoms with Crippen LogP contribution in [0.15, 0.2) is 42.5 Å². The van der Waals surface area contributed by atoms with Gasteiger partial charge in [0.05, 0.1) is 5.56 Å². The maximum absolute atomic E-state index is 12.7. The Morgan fingerprint density at radius 2 is 1.85 bits per heavy atom. The first kappa shape index (κ1) is 18.5. The second-order valence-corrected chi connectivity index (χ2v) is 7.27. The van der Waals surface area contributed by atoms with E-state index in [2.05, 4.69) is 0 Å². The quantitative estimate of drug-likeness (QED) is 0.864. The molecule has 0 bridgehead atoms. The zero-order valence-corrected chi connectivity index (χ0v) is 15.5. The van der Waals surface area contributed by atoms with Crippen LogP contribution in [-0.4, -0.2) is 35.0 Å². The molecule has 3 rings (SSSR count). The fourth-order valence-electron chi connectivity index (χ4n) is 3.47. The summed E-state index contributed by atoms with van der Waals surface area (Å²) in [5, 5.41) is 9.92. The van der Waals surface area contributed by atoms with Gasteiger partial charge in [-0.15, -0.1) is 0 Å². The van der Waals surface area contributed by atoms with Gasteiger partial charge in [0.2, 0.25) is 0 Å². The van der Waals surface area contributed by atoms with Crippen LogP contribution in [0.5, 0.6) is 0 Å². The van der Waals surface area contributed by atoms with Crippen molar-refractivity contribution in [3.63, 3.8) is 0 Å². The minimum Gasteiger partial charge on any atom is -0.478 e. The smallest absolute Gasteiger partial charge is 0.335 e. The molecule has 0 unspecified atom stereocenters. The summed E-state index contributed by atoms with van der Waals surface area (Å²) >= 11 is 6.13. The second-order valence-electron chi connectivity index (χ2n) is 6.87. The number of aromatic carboxylic acids is 1. The second kappa shape index (κ2) is 7.92. The molecule has 1 amide bonds. The summed E-state index contributed by atoms with van der Waals surface area (Å²) in [5.74, 6) is -0.484. The Labute approximate surface area is 158 Å². The highest BCUT2D eigenvalue weighted by Gasteiger charge is 2.25. The average molecular weight is 372 g/mol. The van der Waals surface area contributed by atoms with E-state index in [1.807, 2.05) is 36.1 Å². The third kappa shape index (κ3) is 4.07. The van der Waals surface area contributed by atoms with Crippen LogP contribution in [0.1, 0.15) is 44.7 Å². The summed E-state index contributed by atoms with van der Waals surface area (Å²) in [5.41, 5.74) is 2.82. The predicted molar refractivity (Wildman–Crippen MR) is 102 cm³/mol. The van der Waals surface area contributed by atoms with Crippen LogP contribution in [0.2, 0.25) is 5.02 Å². The molecule has 1 aliphatic rings. The van der Waals surface area contributed by atoms with Crippen LogP contribution in [0.25, 0.3) is 0 Å². The van der Waals surface area contributed by atoms with E-state index in [0.717, 1.165) is 30.4 Å². The Morgan fingerprint density at radius 3 is 2.50 bits per heavy atom. The summed E-state index contributed by atoms with van der Waals surface area (Å²) in [6.45, 7) is 3.28. The zero-order chi connectivity index (χ0) is 18.7. The number of carboxylic acids is 1. The topological polar surface area (TPSA) is 57.6 Å². The van der Waals surface area contributed by atoms with Crippen molar-refractivity contribution in [2.24, 2.45) is 5.92 Å². The zero-order valence-electron chi connectivity index (χ0n) is 14.7. The summed E-state index contributed by atoms with van der Waals surface area (Å²) in [6.07, 6.45) is 2.49. The van der Waals surface area contributed by atoms with E-state index in [0.29, 0.717) is 35.2 Å². The molecule has 0 aromatic heterocycles. The average Bonchev–Trinajstić information content (AvgIpc) is 2.64. The number of likely N-dealkylation sites (tertiary alicyclic amines) is 1. The Bertz CT molecular complexity index is 826. The third-order valence-corrected chi connectivity index (χ3v) is 5.48. The number of halogens is 1. The van der Waals surface area contributed by atoms with E-state index in [-0.39, 0.29) is 5.91 Å². The van der Waals surface area contributed by atoms with Gasteiger partial charge in [0.15, 0.2) is 0 Å². The first-order valence-corrected chi connectivity index (χ1v) is 9.20. The summed E-state index contributed by atoms with van der Waals surface area (Å²) < 4.78 is 0. The number of carbonyl (C=O) groups excluding carboxylic acids is 1. The van der Waals surface area contributed by atoms with Gasteiger partial charge in [-0.25, -0.2) is 4.79 Å². The molecule has 0 spiro atoms. The van der Waals surface area contributed by atoms with Crippen LogP contribution in [0, 0.1) is 12.8 Å². The molecule has 0 atom stereocenters. The number of carbonyl (C=O) groups is 2. The Morgan fingerprint density at radius 1 is 1.15 bits per heavy atom. The molecule has 1 aliphatic heterocycles. The highest BCUT2D eigenvalue weighted by atomic mass is 35.5. The molecule has 0 saturated carbocycles. The van der Waals surface area contributed by atoms with Crippen molar-refractivity contribution in [2.75, 3.05) is 13.1 Å². The van der Waals surface area contributed by atoms with Gasteiger partial charge < -0.3 is 10.0 Å². The normalized spacial score (nSPS) is 15.1. The van der Waals surface area contributed by atoms with Crippen molar-refractivity contribution < 1.29 is 14.7 Å². The molecule has 1 heterocycles. The van der Waals surface area contributed by atoms with Gasteiger partial charge in [-0.3, -0.25) is 4.79 Å². The molecule has 1 fully saturated rings. The minimum atomic E-state index is -0.885. The van der Waals surface area contributed by atoms with Gasteiger partial charge in [0, 0.05) is 23.7 Å². The Hall–Kier alpha value is -2.33. The van der Waals surface area contributed by atoms with Crippen LogP contribution in [0.3, 0.4) is 0 Å². The number of piperidine rings is 1. The number of aryl methyl sites for hydroxylation is 1. The van der Waals surface area contributed by atoms with Crippen molar-refractivity contribution in [1.82, 2.24) is 4.90 Å². The fraction of sp³-hybridized carbons (Fsp3) is 0.333. The molecule has 1 N–H and O–H groups in total. The first-order chi connectivity index (χ1) is 12.5. The monoisotopic (exact) mass is 371 g/mol. The number of carboxylic acid groups (broad SMARTS) is 1. The first-order valence-electron chi connectivity index (χ1n) is 8.82. The molecule has 1 saturated heterocycles. The number of amides is 1. The molecule has 136 valence electrons. The Balaban J connectivity index is 1.61. The van der Waals surface area contributed by atoms with Gasteiger partial charge in [0.1, 0.15) is 0 Å². The predicted octanol–water partition coefficient (Wildman–Crippen LogP) is 4.44. The SMILES string of the molecule is Cc1ccc(C(=O)N2CCC(Cc3ccccc3C(=O)O)CC2)cc1Cl. The standard InChI is InChI=1S/C21H22ClNO3/c1-14-6-7-17(13-19(14)22)20(24)23-10-8-15(9-11-23)12-16-4-2-3-5-18(16)21(25)26/h2-7,13,15H,8-12H2,1H3,(H,25,26). The van der Waals surface area contributed by atoms with E-state index in [1.54, 1.807) is 18.2 Å². The van der Waals surface area contributed by atoms with Gasteiger partial charge in [0.25, 0.3) is 5.91 Å². The van der Waals surface area contributed by atoms with Crippen LogP contribution in [0.4, 0.5) is 0 Å². The maximum Gasteiger partial charge on any atom is 0.335 e. The third-order valence-electron chi connectivity index (χ3n) is 5.08. The number of rotatable bonds is 4. The van der Waals surface area contributed by atoms with Crippen LogP contribution in [-0.2, 0) is 6.42 Å². The number of nitrogens with zero attached hydrogens (tertiary/aromatic N) is 1. The van der Waals surface area contributed by atoms with Crippen LogP contribution < -0.4 is 0 Å².